The molecule has 0 aliphatic heterocycles. The number of aromatic carboxylic acids is 1. The standard InChI is InChI=1S/C18H20N2O3S/c1-2-20(12-7-4-3-5-8-12)11-15(21)19-17-16(18(22)23)13-9-6-10-14(13)24-17/h3-5,7-8H,2,6,9-11H2,1H3,(H,19,21)(H,22,23). The molecule has 126 valence electrons. The van der Waals surface area contributed by atoms with Crippen LogP contribution in [0.15, 0.2) is 30.3 Å². The van der Waals surface area contributed by atoms with Gasteiger partial charge < -0.3 is 15.3 Å². The van der Waals surface area contributed by atoms with Gasteiger partial charge >= 0.3 is 5.97 Å². The molecule has 0 saturated heterocycles. The SMILES string of the molecule is CCN(CC(=O)Nc1sc2c(c1C(=O)O)CCC2)c1ccccc1. The third kappa shape index (κ3) is 3.28. The first-order chi connectivity index (χ1) is 11.6. The largest absolute Gasteiger partial charge is 0.478 e. The van der Waals surface area contributed by atoms with E-state index in [2.05, 4.69) is 5.32 Å². The molecule has 24 heavy (non-hydrogen) atoms. The maximum Gasteiger partial charge on any atom is 0.339 e. The number of nitrogens with one attached hydrogen (secondary N) is 1. The molecule has 3 rings (SSSR count). The van der Waals surface area contributed by atoms with Gasteiger partial charge in [0.25, 0.3) is 0 Å². The number of aryl methyl sites for hydroxylation is 1. The molecular formula is C18H20N2O3S. The Kier molecular flexibility index (Phi) is 4.85. The second-order valence-electron chi connectivity index (χ2n) is 5.76. The average Bonchev–Trinajstić information content (AvgIpc) is 3.13. The van der Waals surface area contributed by atoms with E-state index in [1.807, 2.05) is 42.2 Å². The number of benzene rings is 1. The molecule has 0 unspecified atom stereocenters. The van der Waals surface area contributed by atoms with Gasteiger partial charge in [0.2, 0.25) is 5.91 Å². The van der Waals surface area contributed by atoms with Gasteiger partial charge in [0.1, 0.15) is 5.00 Å². The number of carbonyl (C=O) groups is 2. The van der Waals surface area contributed by atoms with Crippen LogP contribution in [-0.4, -0.2) is 30.1 Å². The Morgan fingerprint density at radius 2 is 2.00 bits per heavy atom. The fourth-order valence-corrected chi connectivity index (χ4v) is 4.38. The molecule has 1 aliphatic carbocycles. The molecule has 0 fully saturated rings. The maximum atomic E-state index is 12.4. The number of nitrogens with zero attached hydrogens (tertiary/aromatic N) is 1. The molecule has 2 aromatic rings. The molecule has 2 N–H and O–H groups in total. The van der Waals surface area contributed by atoms with E-state index < -0.39 is 5.97 Å². The van der Waals surface area contributed by atoms with E-state index >= 15 is 0 Å². The van der Waals surface area contributed by atoms with Crippen molar-refractivity contribution >= 4 is 33.9 Å². The van der Waals surface area contributed by atoms with Gasteiger partial charge in [-0.05, 0) is 43.9 Å². The van der Waals surface area contributed by atoms with Gasteiger partial charge in [-0.15, -0.1) is 11.3 Å². The molecule has 0 bridgehead atoms. The summed E-state index contributed by atoms with van der Waals surface area (Å²) in [5.41, 5.74) is 2.16. The lowest BCUT2D eigenvalue weighted by atomic mass is 10.1. The van der Waals surface area contributed by atoms with Crippen LogP contribution in [0.4, 0.5) is 10.7 Å². The summed E-state index contributed by atoms with van der Waals surface area (Å²) in [6.45, 7) is 2.88. The molecule has 1 aliphatic rings. The van der Waals surface area contributed by atoms with Crippen molar-refractivity contribution < 1.29 is 14.7 Å². The Labute approximate surface area is 144 Å². The summed E-state index contributed by atoms with van der Waals surface area (Å²) in [6.07, 6.45) is 2.68. The van der Waals surface area contributed by atoms with Crippen LogP contribution in [0.2, 0.25) is 0 Å². The molecule has 0 spiro atoms. The van der Waals surface area contributed by atoms with Crippen molar-refractivity contribution in [1.82, 2.24) is 0 Å². The van der Waals surface area contributed by atoms with Crippen molar-refractivity contribution in [3.8, 4) is 0 Å². The highest BCUT2D eigenvalue weighted by Gasteiger charge is 2.27. The minimum Gasteiger partial charge on any atom is -0.478 e. The molecule has 6 heteroatoms. The molecule has 1 heterocycles. The Morgan fingerprint density at radius 3 is 2.67 bits per heavy atom. The molecular weight excluding hydrogens is 324 g/mol. The Bertz CT molecular complexity index is 755. The second-order valence-corrected chi connectivity index (χ2v) is 6.87. The highest BCUT2D eigenvalue weighted by atomic mass is 32.1. The lowest BCUT2D eigenvalue weighted by molar-refractivity contribution is -0.114. The highest BCUT2D eigenvalue weighted by Crippen LogP contribution is 2.39. The summed E-state index contributed by atoms with van der Waals surface area (Å²) in [5, 5.41) is 12.8. The van der Waals surface area contributed by atoms with Crippen LogP contribution >= 0.6 is 11.3 Å². The molecule has 5 nitrogen and oxygen atoms in total. The van der Waals surface area contributed by atoms with Crippen molar-refractivity contribution in [2.45, 2.75) is 26.2 Å². The Morgan fingerprint density at radius 1 is 1.25 bits per heavy atom. The van der Waals surface area contributed by atoms with Crippen LogP contribution in [-0.2, 0) is 17.6 Å². The number of para-hydroxylation sites is 1. The molecule has 1 aromatic carbocycles. The zero-order valence-electron chi connectivity index (χ0n) is 13.5. The molecule has 1 aromatic heterocycles. The van der Waals surface area contributed by atoms with Gasteiger partial charge in [-0.1, -0.05) is 18.2 Å². The zero-order valence-corrected chi connectivity index (χ0v) is 14.4. The Hall–Kier alpha value is -2.34. The number of carboxylic acids is 1. The van der Waals surface area contributed by atoms with E-state index in [-0.39, 0.29) is 18.0 Å². The van der Waals surface area contributed by atoms with Gasteiger partial charge in [0, 0.05) is 17.1 Å². The van der Waals surface area contributed by atoms with E-state index in [0.717, 1.165) is 35.4 Å². The van der Waals surface area contributed by atoms with Gasteiger partial charge in [0.05, 0.1) is 12.1 Å². The third-order valence-corrected chi connectivity index (χ3v) is 5.43. The highest BCUT2D eigenvalue weighted by molar-refractivity contribution is 7.17. The second kappa shape index (κ2) is 7.05. The Balaban J connectivity index is 1.75. The van der Waals surface area contributed by atoms with Crippen LogP contribution in [0.3, 0.4) is 0 Å². The minimum absolute atomic E-state index is 0.192. The summed E-state index contributed by atoms with van der Waals surface area (Å²) >= 11 is 1.40. The molecule has 0 atom stereocenters. The lowest BCUT2D eigenvalue weighted by Crippen LogP contribution is -2.33. The van der Waals surface area contributed by atoms with Gasteiger partial charge in [-0.3, -0.25) is 4.79 Å². The smallest absolute Gasteiger partial charge is 0.339 e. The van der Waals surface area contributed by atoms with E-state index in [0.29, 0.717) is 11.5 Å². The number of amides is 1. The van der Waals surface area contributed by atoms with E-state index in [4.69, 9.17) is 0 Å². The van der Waals surface area contributed by atoms with Gasteiger partial charge in [0.15, 0.2) is 0 Å². The molecule has 0 radical (unpaired) electrons. The normalized spacial score (nSPS) is 12.7. The van der Waals surface area contributed by atoms with Crippen LogP contribution in [0.5, 0.6) is 0 Å². The predicted octanol–water partition coefficient (Wildman–Crippen LogP) is 3.40. The summed E-state index contributed by atoms with van der Waals surface area (Å²) in [7, 11) is 0. The first kappa shape index (κ1) is 16.5. The number of rotatable bonds is 6. The summed E-state index contributed by atoms with van der Waals surface area (Å²) in [6, 6.07) is 9.71. The number of hydrogen-bond acceptors (Lipinski definition) is 4. The van der Waals surface area contributed by atoms with E-state index in [9.17, 15) is 14.7 Å². The summed E-state index contributed by atoms with van der Waals surface area (Å²) < 4.78 is 0. The third-order valence-electron chi connectivity index (χ3n) is 4.23. The topological polar surface area (TPSA) is 69.6 Å². The predicted molar refractivity (Wildman–Crippen MR) is 96.3 cm³/mol. The van der Waals surface area contributed by atoms with Crippen molar-refractivity contribution in [2.24, 2.45) is 0 Å². The van der Waals surface area contributed by atoms with Crippen LogP contribution in [0, 0.1) is 0 Å². The number of likely N-dealkylation sites (N-methyl/N-ethyl adjacent to an activating group) is 1. The van der Waals surface area contributed by atoms with Crippen molar-refractivity contribution in [3.63, 3.8) is 0 Å². The first-order valence-electron chi connectivity index (χ1n) is 8.07. The van der Waals surface area contributed by atoms with Crippen molar-refractivity contribution in [1.29, 1.82) is 0 Å². The number of carbonyl (C=O) groups excluding carboxylic acids is 1. The molecule has 0 saturated carbocycles. The first-order valence-corrected chi connectivity index (χ1v) is 8.89. The van der Waals surface area contributed by atoms with Crippen molar-refractivity contribution in [2.75, 3.05) is 23.3 Å². The van der Waals surface area contributed by atoms with E-state index in [1.165, 1.54) is 11.3 Å². The number of carboxylic acid groups (broad SMARTS) is 1. The van der Waals surface area contributed by atoms with Crippen LogP contribution in [0.25, 0.3) is 0 Å². The molecule has 1 amide bonds. The fourth-order valence-electron chi connectivity index (χ4n) is 3.08. The quantitative estimate of drug-likeness (QED) is 0.843. The minimum atomic E-state index is -0.958. The number of hydrogen-bond donors (Lipinski definition) is 2. The summed E-state index contributed by atoms with van der Waals surface area (Å²) in [5.74, 6) is -1.15. The number of fused-ring (bicyclic) bond motifs is 1. The van der Waals surface area contributed by atoms with Crippen LogP contribution < -0.4 is 10.2 Å². The van der Waals surface area contributed by atoms with E-state index in [1.54, 1.807) is 0 Å². The van der Waals surface area contributed by atoms with Gasteiger partial charge in [-0.2, -0.15) is 0 Å². The summed E-state index contributed by atoms with van der Waals surface area (Å²) in [4.78, 5) is 27.0. The lowest BCUT2D eigenvalue weighted by Gasteiger charge is -2.22. The maximum absolute atomic E-state index is 12.4. The van der Waals surface area contributed by atoms with Crippen LogP contribution in [0.1, 0.15) is 34.1 Å². The van der Waals surface area contributed by atoms with Gasteiger partial charge in [-0.25, -0.2) is 4.79 Å². The number of anilines is 2. The number of thiophene rings is 1. The zero-order chi connectivity index (χ0) is 17.1. The van der Waals surface area contributed by atoms with Crippen molar-refractivity contribution in [3.05, 3.63) is 46.3 Å². The average molecular weight is 344 g/mol. The monoisotopic (exact) mass is 344 g/mol. The fraction of sp³-hybridized carbons (Fsp3) is 0.333.